The molecular weight excluding hydrogens is 282 g/mol. The summed E-state index contributed by atoms with van der Waals surface area (Å²) in [5.41, 5.74) is 2.67. The van der Waals surface area contributed by atoms with Gasteiger partial charge in [-0.3, -0.25) is 14.6 Å². The van der Waals surface area contributed by atoms with Gasteiger partial charge in [0.25, 0.3) is 5.91 Å². The van der Waals surface area contributed by atoms with Gasteiger partial charge in [0.15, 0.2) is 0 Å². The minimum atomic E-state index is -0.985. The lowest BCUT2D eigenvalue weighted by molar-refractivity contribution is -0.137. The molecule has 0 saturated carbocycles. The number of nitrogens with zero attached hydrogens (tertiary/aromatic N) is 2. The molecule has 22 heavy (non-hydrogen) atoms. The highest BCUT2D eigenvalue weighted by Crippen LogP contribution is 2.18. The van der Waals surface area contributed by atoms with Crippen molar-refractivity contribution in [2.24, 2.45) is 0 Å². The number of carboxylic acid groups (broad SMARTS) is 1. The fraction of sp³-hybridized carbons (Fsp3) is 0.250. The second-order valence-corrected chi connectivity index (χ2v) is 5.08. The molecule has 1 atom stereocenters. The van der Waals surface area contributed by atoms with E-state index in [1.807, 2.05) is 31.2 Å². The van der Waals surface area contributed by atoms with Crippen molar-refractivity contribution in [1.29, 1.82) is 0 Å². The van der Waals surface area contributed by atoms with E-state index in [0.717, 1.165) is 11.1 Å². The normalized spacial score (nSPS) is 11.7. The standard InChI is InChI=1S/C16H17N3O3/c1-10-3-5-12(6-4-10)13(7-15(20)21)19-16(22)14-9-17-11(2)8-18-14/h3-6,8-9,13H,7H2,1-2H3,(H,19,22)(H,20,21)/t13-/m1/s1. The Bertz CT molecular complexity index is 666. The highest BCUT2D eigenvalue weighted by atomic mass is 16.4. The lowest BCUT2D eigenvalue weighted by Gasteiger charge is -2.17. The number of aryl methyl sites for hydroxylation is 2. The predicted octanol–water partition coefficient (Wildman–Crippen LogP) is 2.04. The molecule has 0 aliphatic rings. The van der Waals surface area contributed by atoms with E-state index in [9.17, 15) is 9.59 Å². The maximum absolute atomic E-state index is 12.2. The number of benzene rings is 1. The number of amides is 1. The molecule has 0 aliphatic carbocycles. The average molecular weight is 299 g/mol. The van der Waals surface area contributed by atoms with E-state index in [1.165, 1.54) is 12.4 Å². The van der Waals surface area contributed by atoms with Crippen LogP contribution in [0.25, 0.3) is 0 Å². The summed E-state index contributed by atoms with van der Waals surface area (Å²) >= 11 is 0. The van der Waals surface area contributed by atoms with E-state index < -0.39 is 17.9 Å². The maximum atomic E-state index is 12.2. The molecule has 2 N–H and O–H groups in total. The molecule has 0 aliphatic heterocycles. The SMILES string of the molecule is Cc1ccc([C@@H](CC(=O)O)NC(=O)c2cnc(C)cn2)cc1. The Morgan fingerprint density at radius 1 is 1.14 bits per heavy atom. The maximum Gasteiger partial charge on any atom is 0.305 e. The smallest absolute Gasteiger partial charge is 0.305 e. The molecule has 1 aromatic carbocycles. The van der Waals surface area contributed by atoms with Gasteiger partial charge >= 0.3 is 5.97 Å². The predicted molar refractivity (Wildman–Crippen MR) is 80.4 cm³/mol. The lowest BCUT2D eigenvalue weighted by Crippen LogP contribution is -2.31. The van der Waals surface area contributed by atoms with E-state index >= 15 is 0 Å². The second-order valence-electron chi connectivity index (χ2n) is 5.08. The Hall–Kier alpha value is -2.76. The minimum absolute atomic E-state index is 0.160. The van der Waals surface area contributed by atoms with Crippen LogP contribution in [0.15, 0.2) is 36.7 Å². The number of carbonyl (C=O) groups excluding carboxylic acids is 1. The first-order valence-electron chi connectivity index (χ1n) is 6.83. The zero-order valence-corrected chi connectivity index (χ0v) is 12.4. The van der Waals surface area contributed by atoms with Crippen LogP contribution in [-0.4, -0.2) is 27.0 Å². The zero-order valence-electron chi connectivity index (χ0n) is 12.4. The van der Waals surface area contributed by atoms with Crippen LogP contribution in [-0.2, 0) is 4.79 Å². The summed E-state index contributed by atoms with van der Waals surface area (Å²) in [5, 5.41) is 11.7. The summed E-state index contributed by atoms with van der Waals surface area (Å²) < 4.78 is 0. The molecule has 2 aromatic rings. The number of carbonyl (C=O) groups is 2. The average Bonchev–Trinajstić information content (AvgIpc) is 2.47. The van der Waals surface area contributed by atoms with Gasteiger partial charge in [-0.05, 0) is 19.4 Å². The zero-order chi connectivity index (χ0) is 16.1. The molecule has 1 aromatic heterocycles. The summed E-state index contributed by atoms with van der Waals surface area (Å²) in [5.74, 6) is -1.43. The van der Waals surface area contributed by atoms with E-state index in [-0.39, 0.29) is 12.1 Å². The quantitative estimate of drug-likeness (QED) is 0.881. The van der Waals surface area contributed by atoms with Crippen molar-refractivity contribution in [3.05, 3.63) is 59.2 Å². The van der Waals surface area contributed by atoms with Gasteiger partial charge in [-0.1, -0.05) is 29.8 Å². The van der Waals surface area contributed by atoms with Crippen LogP contribution in [0.5, 0.6) is 0 Å². The molecule has 2 rings (SSSR count). The van der Waals surface area contributed by atoms with Crippen molar-refractivity contribution in [2.45, 2.75) is 26.3 Å². The van der Waals surface area contributed by atoms with Gasteiger partial charge in [-0.25, -0.2) is 4.98 Å². The molecule has 6 heteroatoms. The van der Waals surface area contributed by atoms with E-state index in [4.69, 9.17) is 5.11 Å². The van der Waals surface area contributed by atoms with Crippen molar-refractivity contribution in [1.82, 2.24) is 15.3 Å². The van der Waals surface area contributed by atoms with Gasteiger partial charge in [-0.2, -0.15) is 0 Å². The van der Waals surface area contributed by atoms with Crippen LogP contribution in [0.1, 0.15) is 39.8 Å². The molecule has 114 valence electrons. The van der Waals surface area contributed by atoms with Gasteiger partial charge in [0, 0.05) is 6.20 Å². The van der Waals surface area contributed by atoms with Gasteiger partial charge in [0.1, 0.15) is 5.69 Å². The van der Waals surface area contributed by atoms with Crippen molar-refractivity contribution in [3.63, 3.8) is 0 Å². The summed E-state index contributed by atoms with van der Waals surface area (Å²) in [6.45, 7) is 3.71. The van der Waals surface area contributed by atoms with Crippen LogP contribution in [0.3, 0.4) is 0 Å². The molecule has 0 saturated heterocycles. The van der Waals surface area contributed by atoms with Crippen LogP contribution < -0.4 is 5.32 Å². The fourth-order valence-corrected chi connectivity index (χ4v) is 1.97. The van der Waals surface area contributed by atoms with Gasteiger partial charge in [0.2, 0.25) is 0 Å². The molecule has 0 bridgehead atoms. The molecule has 1 amide bonds. The Balaban J connectivity index is 2.19. The number of hydrogen-bond acceptors (Lipinski definition) is 4. The monoisotopic (exact) mass is 299 g/mol. The van der Waals surface area contributed by atoms with Crippen LogP contribution in [0, 0.1) is 13.8 Å². The Morgan fingerprint density at radius 2 is 1.82 bits per heavy atom. The Labute approximate surface area is 128 Å². The van der Waals surface area contributed by atoms with Gasteiger partial charge < -0.3 is 10.4 Å². The molecule has 1 heterocycles. The summed E-state index contributed by atoms with van der Waals surface area (Å²) in [7, 11) is 0. The van der Waals surface area contributed by atoms with Crippen molar-refractivity contribution in [3.8, 4) is 0 Å². The van der Waals surface area contributed by atoms with Gasteiger partial charge in [-0.15, -0.1) is 0 Å². The van der Waals surface area contributed by atoms with Crippen LogP contribution in [0.2, 0.25) is 0 Å². The fourth-order valence-electron chi connectivity index (χ4n) is 1.97. The van der Waals surface area contributed by atoms with Crippen LogP contribution >= 0.6 is 0 Å². The molecule has 0 fully saturated rings. The van der Waals surface area contributed by atoms with Crippen molar-refractivity contribution < 1.29 is 14.7 Å². The largest absolute Gasteiger partial charge is 0.481 e. The molecular formula is C16H17N3O3. The first kappa shape index (κ1) is 15.6. The number of hydrogen-bond donors (Lipinski definition) is 2. The van der Waals surface area contributed by atoms with Crippen molar-refractivity contribution in [2.75, 3.05) is 0 Å². The third-order valence-electron chi connectivity index (χ3n) is 3.18. The number of rotatable bonds is 5. The first-order chi connectivity index (χ1) is 10.5. The summed E-state index contributed by atoms with van der Waals surface area (Å²) in [6, 6.07) is 6.76. The molecule has 0 radical (unpaired) electrons. The molecule has 0 spiro atoms. The van der Waals surface area contributed by atoms with Gasteiger partial charge in [0.05, 0.1) is 24.4 Å². The topological polar surface area (TPSA) is 92.2 Å². The Kier molecular flexibility index (Phi) is 4.83. The van der Waals surface area contributed by atoms with Crippen LogP contribution in [0.4, 0.5) is 0 Å². The first-order valence-corrected chi connectivity index (χ1v) is 6.83. The second kappa shape index (κ2) is 6.80. The minimum Gasteiger partial charge on any atom is -0.481 e. The van der Waals surface area contributed by atoms with E-state index in [2.05, 4.69) is 15.3 Å². The lowest BCUT2D eigenvalue weighted by atomic mass is 10.0. The highest BCUT2D eigenvalue weighted by Gasteiger charge is 2.19. The van der Waals surface area contributed by atoms with E-state index in [0.29, 0.717) is 5.69 Å². The third-order valence-corrected chi connectivity index (χ3v) is 3.18. The Morgan fingerprint density at radius 3 is 2.36 bits per heavy atom. The molecule has 0 unspecified atom stereocenters. The summed E-state index contributed by atoms with van der Waals surface area (Å²) in [4.78, 5) is 31.2. The molecule has 6 nitrogen and oxygen atoms in total. The number of carboxylic acids is 1. The van der Waals surface area contributed by atoms with Crippen molar-refractivity contribution >= 4 is 11.9 Å². The highest BCUT2D eigenvalue weighted by molar-refractivity contribution is 5.92. The number of nitrogens with one attached hydrogen (secondary N) is 1. The van der Waals surface area contributed by atoms with E-state index in [1.54, 1.807) is 6.92 Å². The third kappa shape index (κ3) is 4.12. The summed E-state index contributed by atoms with van der Waals surface area (Å²) in [6.07, 6.45) is 2.67. The number of aromatic nitrogens is 2. The number of aliphatic carboxylic acids is 1.